The number of thiophene rings is 1. The van der Waals surface area contributed by atoms with Crippen LogP contribution in [0, 0.1) is 5.41 Å². The van der Waals surface area contributed by atoms with E-state index in [1.54, 1.807) is 11.3 Å². The normalized spacial score (nSPS) is 28.1. The third-order valence-electron chi connectivity index (χ3n) is 4.56. The smallest absolute Gasteiger partial charge is 0.234 e. The van der Waals surface area contributed by atoms with Gasteiger partial charge in [-0.05, 0) is 49.7 Å². The van der Waals surface area contributed by atoms with Crippen LogP contribution in [0.5, 0.6) is 0 Å². The van der Waals surface area contributed by atoms with Gasteiger partial charge in [0, 0.05) is 18.0 Å². The molecule has 5 heteroatoms. The summed E-state index contributed by atoms with van der Waals surface area (Å²) < 4.78 is 0. The van der Waals surface area contributed by atoms with Gasteiger partial charge >= 0.3 is 0 Å². The first-order valence-corrected chi connectivity index (χ1v) is 8.31. The van der Waals surface area contributed by atoms with Crippen LogP contribution < -0.4 is 10.6 Å². The van der Waals surface area contributed by atoms with Crippen molar-refractivity contribution in [2.75, 3.05) is 32.7 Å². The Kier molecular flexibility index (Phi) is 4.10. The zero-order valence-corrected chi connectivity index (χ0v) is 12.8. The van der Waals surface area contributed by atoms with Crippen LogP contribution in [-0.2, 0) is 4.79 Å². The van der Waals surface area contributed by atoms with Crippen molar-refractivity contribution >= 4 is 17.2 Å². The summed E-state index contributed by atoms with van der Waals surface area (Å²) in [6.45, 7) is 6.98. The van der Waals surface area contributed by atoms with Gasteiger partial charge in [-0.25, -0.2) is 0 Å². The minimum absolute atomic E-state index is 0.118. The molecule has 2 fully saturated rings. The number of nitrogens with zero attached hydrogens (tertiary/aromatic N) is 1. The Bertz CT molecular complexity index is 454. The second kappa shape index (κ2) is 5.84. The Morgan fingerprint density at radius 3 is 3.20 bits per heavy atom. The van der Waals surface area contributed by atoms with Crippen LogP contribution in [0.1, 0.15) is 30.7 Å². The molecule has 1 aromatic rings. The summed E-state index contributed by atoms with van der Waals surface area (Å²) in [6.07, 6.45) is 2.49. The van der Waals surface area contributed by atoms with Crippen LogP contribution in [0.4, 0.5) is 0 Å². The summed E-state index contributed by atoms with van der Waals surface area (Å²) in [5.41, 5.74) is 0.444. The van der Waals surface area contributed by atoms with E-state index in [4.69, 9.17) is 0 Å². The minimum atomic E-state index is 0.118. The number of carbonyl (C=O) groups excluding carboxylic acids is 1. The average Bonchev–Trinajstić information content (AvgIpc) is 3.14. The monoisotopic (exact) mass is 293 g/mol. The molecule has 2 saturated heterocycles. The van der Waals surface area contributed by atoms with E-state index in [0.29, 0.717) is 12.0 Å². The van der Waals surface area contributed by atoms with Gasteiger partial charge < -0.3 is 10.6 Å². The number of amides is 1. The molecule has 0 saturated carbocycles. The first-order valence-electron chi connectivity index (χ1n) is 7.43. The van der Waals surface area contributed by atoms with Gasteiger partial charge in [0.15, 0.2) is 0 Å². The molecule has 3 heterocycles. The molecule has 0 bridgehead atoms. The maximum Gasteiger partial charge on any atom is 0.234 e. The molecule has 2 aliphatic rings. The van der Waals surface area contributed by atoms with E-state index in [1.165, 1.54) is 17.7 Å². The molecule has 3 rings (SSSR count). The summed E-state index contributed by atoms with van der Waals surface area (Å²) in [6, 6.07) is 4.22. The van der Waals surface area contributed by atoms with E-state index in [-0.39, 0.29) is 11.9 Å². The Labute approximate surface area is 124 Å². The molecular weight excluding hydrogens is 270 g/mol. The zero-order valence-electron chi connectivity index (χ0n) is 12.0. The SMILES string of the molecule is CC(NC(=O)CN1CCC2(CCNC2)C1)c1cccs1. The van der Waals surface area contributed by atoms with E-state index >= 15 is 0 Å². The van der Waals surface area contributed by atoms with Gasteiger partial charge in [-0.3, -0.25) is 9.69 Å². The lowest BCUT2D eigenvalue weighted by molar-refractivity contribution is -0.122. The van der Waals surface area contributed by atoms with Crippen LogP contribution in [0.3, 0.4) is 0 Å². The van der Waals surface area contributed by atoms with Gasteiger partial charge in [-0.2, -0.15) is 0 Å². The Morgan fingerprint density at radius 2 is 2.50 bits per heavy atom. The molecule has 4 nitrogen and oxygen atoms in total. The van der Waals surface area contributed by atoms with Crippen molar-refractivity contribution < 1.29 is 4.79 Å². The molecule has 1 amide bonds. The molecule has 2 aliphatic heterocycles. The summed E-state index contributed by atoms with van der Waals surface area (Å²) in [7, 11) is 0. The summed E-state index contributed by atoms with van der Waals surface area (Å²) in [5.74, 6) is 0.147. The van der Waals surface area contributed by atoms with E-state index in [2.05, 4.69) is 33.9 Å². The van der Waals surface area contributed by atoms with Crippen molar-refractivity contribution in [2.24, 2.45) is 5.41 Å². The first kappa shape index (κ1) is 14.0. The number of hydrogen-bond donors (Lipinski definition) is 2. The van der Waals surface area contributed by atoms with Gasteiger partial charge in [-0.1, -0.05) is 6.07 Å². The minimum Gasteiger partial charge on any atom is -0.348 e. The van der Waals surface area contributed by atoms with Crippen molar-refractivity contribution in [3.8, 4) is 0 Å². The summed E-state index contributed by atoms with van der Waals surface area (Å²) in [5, 5.41) is 8.61. The van der Waals surface area contributed by atoms with Crippen LogP contribution in [0.25, 0.3) is 0 Å². The Hall–Kier alpha value is -0.910. The number of likely N-dealkylation sites (tertiary alicyclic amines) is 1. The second-order valence-electron chi connectivity index (χ2n) is 6.19. The molecule has 2 unspecified atom stereocenters. The van der Waals surface area contributed by atoms with Gasteiger partial charge in [0.25, 0.3) is 0 Å². The van der Waals surface area contributed by atoms with Gasteiger partial charge in [-0.15, -0.1) is 11.3 Å². The fraction of sp³-hybridized carbons (Fsp3) is 0.667. The van der Waals surface area contributed by atoms with Crippen LogP contribution in [0.15, 0.2) is 17.5 Å². The number of carbonyl (C=O) groups is 1. The molecule has 2 N–H and O–H groups in total. The van der Waals surface area contributed by atoms with E-state index in [1.807, 2.05) is 6.07 Å². The molecule has 20 heavy (non-hydrogen) atoms. The highest BCUT2D eigenvalue weighted by atomic mass is 32.1. The van der Waals surface area contributed by atoms with Crippen LogP contribution in [0.2, 0.25) is 0 Å². The predicted octanol–water partition coefficient (Wildman–Crippen LogP) is 1.61. The maximum absolute atomic E-state index is 12.1. The summed E-state index contributed by atoms with van der Waals surface area (Å²) >= 11 is 1.69. The number of hydrogen-bond acceptors (Lipinski definition) is 4. The number of nitrogens with one attached hydrogen (secondary N) is 2. The topological polar surface area (TPSA) is 44.4 Å². The van der Waals surface area contributed by atoms with E-state index in [9.17, 15) is 4.79 Å². The van der Waals surface area contributed by atoms with E-state index < -0.39 is 0 Å². The lowest BCUT2D eigenvalue weighted by Gasteiger charge is -2.23. The maximum atomic E-state index is 12.1. The molecule has 0 aliphatic carbocycles. The van der Waals surface area contributed by atoms with Crippen molar-refractivity contribution in [3.05, 3.63) is 22.4 Å². The lowest BCUT2D eigenvalue weighted by atomic mass is 9.87. The molecule has 0 radical (unpaired) electrons. The molecule has 110 valence electrons. The largest absolute Gasteiger partial charge is 0.348 e. The predicted molar refractivity (Wildman–Crippen MR) is 81.9 cm³/mol. The third-order valence-corrected chi connectivity index (χ3v) is 5.62. The van der Waals surface area contributed by atoms with Crippen LogP contribution in [-0.4, -0.2) is 43.5 Å². The number of rotatable bonds is 4. The summed E-state index contributed by atoms with van der Waals surface area (Å²) in [4.78, 5) is 15.7. The molecular formula is C15H23N3OS. The first-order chi connectivity index (χ1) is 9.67. The quantitative estimate of drug-likeness (QED) is 0.886. The Balaban J connectivity index is 1.47. The highest BCUT2D eigenvalue weighted by Crippen LogP contribution is 2.35. The van der Waals surface area contributed by atoms with Crippen molar-refractivity contribution in [2.45, 2.75) is 25.8 Å². The highest BCUT2D eigenvalue weighted by molar-refractivity contribution is 7.10. The van der Waals surface area contributed by atoms with Crippen molar-refractivity contribution in [1.82, 2.24) is 15.5 Å². The van der Waals surface area contributed by atoms with Crippen molar-refractivity contribution in [3.63, 3.8) is 0 Å². The van der Waals surface area contributed by atoms with Gasteiger partial charge in [0.1, 0.15) is 0 Å². The molecule has 0 aromatic carbocycles. The van der Waals surface area contributed by atoms with E-state index in [0.717, 1.165) is 26.2 Å². The third kappa shape index (κ3) is 3.05. The fourth-order valence-electron chi connectivity index (χ4n) is 3.41. The second-order valence-corrected chi connectivity index (χ2v) is 7.17. The fourth-order valence-corrected chi connectivity index (χ4v) is 4.14. The van der Waals surface area contributed by atoms with Gasteiger partial charge in [0.2, 0.25) is 5.91 Å². The lowest BCUT2D eigenvalue weighted by Crippen LogP contribution is -2.38. The van der Waals surface area contributed by atoms with Crippen LogP contribution >= 0.6 is 11.3 Å². The van der Waals surface area contributed by atoms with Crippen molar-refractivity contribution in [1.29, 1.82) is 0 Å². The Morgan fingerprint density at radius 1 is 1.60 bits per heavy atom. The average molecular weight is 293 g/mol. The standard InChI is InChI=1S/C15H23N3OS/c1-12(13-3-2-8-20-13)17-14(19)9-18-7-5-15(11-18)4-6-16-10-15/h2-3,8,12,16H,4-7,9-11H2,1H3,(H,17,19). The molecule has 2 atom stereocenters. The molecule has 1 aromatic heterocycles. The van der Waals surface area contributed by atoms with Gasteiger partial charge in [0.05, 0.1) is 12.6 Å². The zero-order chi connectivity index (χ0) is 14.0. The highest BCUT2D eigenvalue weighted by Gasteiger charge is 2.40. The molecule has 1 spiro atoms.